The smallest absolute Gasteiger partial charge is 0.203 e. The van der Waals surface area contributed by atoms with E-state index in [2.05, 4.69) is 26.5 Å². The molecule has 2 unspecified atom stereocenters. The summed E-state index contributed by atoms with van der Waals surface area (Å²) in [6.45, 7) is 0. The zero-order valence-corrected chi connectivity index (χ0v) is 18.0. The van der Waals surface area contributed by atoms with Crippen molar-refractivity contribution in [2.75, 3.05) is 35.5 Å². The van der Waals surface area contributed by atoms with Crippen molar-refractivity contribution in [3.8, 4) is 28.7 Å². The highest BCUT2D eigenvalue weighted by atomic mass is 79.9. The van der Waals surface area contributed by atoms with Gasteiger partial charge in [0.25, 0.3) is 0 Å². The summed E-state index contributed by atoms with van der Waals surface area (Å²) in [4.78, 5) is -0.0755. The van der Waals surface area contributed by atoms with Gasteiger partial charge in [-0.1, -0.05) is 15.9 Å². The van der Waals surface area contributed by atoms with Crippen LogP contribution in [-0.4, -0.2) is 46.1 Å². The van der Waals surface area contributed by atoms with E-state index in [0.717, 1.165) is 16.8 Å². The van der Waals surface area contributed by atoms with Crippen molar-refractivity contribution in [1.29, 1.82) is 0 Å². The minimum Gasteiger partial charge on any atom is -0.493 e. The Morgan fingerprint density at radius 1 is 0.786 bits per heavy atom. The molecule has 28 heavy (non-hydrogen) atoms. The summed E-state index contributed by atoms with van der Waals surface area (Å²) in [6, 6.07) is 9.44. The Bertz CT molecular complexity index is 862. The first-order chi connectivity index (χ1) is 13.6. The Morgan fingerprint density at radius 3 is 1.93 bits per heavy atom. The molecule has 2 atom stereocenters. The Hall–Kier alpha value is -2.61. The third-order valence-corrected chi connectivity index (χ3v) is 5.57. The van der Waals surface area contributed by atoms with E-state index in [1.165, 1.54) is 0 Å². The number of hydrogen-bond donors (Lipinski definition) is 1. The third kappa shape index (κ3) is 3.56. The van der Waals surface area contributed by atoms with Gasteiger partial charge in [-0.3, -0.25) is 0 Å². The van der Waals surface area contributed by atoms with E-state index >= 15 is 0 Å². The van der Waals surface area contributed by atoms with Gasteiger partial charge in [0.15, 0.2) is 23.0 Å². The molecule has 1 aliphatic heterocycles. The van der Waals surface area contributed by atoms with E-state index in [4.69, 9.17) is 23.7 Å². The molecule has 1 aliphatic rings. The van der Waals surface area contributed by atoms with Gasteiger partial charge in [0.2, 0.25) is 5.75 Å². The number of halogens is 1. The molecular formula is C20H23BrN2O5. The quantitative estimate of drug-likeness (QED) is 0.650. The first kappa shape index (κ1) is 20.1. The minimum atomic E-state index is -0.114. The van der Waals surface area contributed by atoms with E-state index in [1.54, 1.807) is 35.5 Å². The molecular weight excluding hydrogens is 428 g/mol. The van der Waals surface area contributed by atoms with Crippen LogP contribution >= 0.6 is 15.9 Å². The lowest BCUT2D eigenvalue weighted by Crippen LogP contribution is -2.22. The monoisotopic (exact) mass is 450 g/mol. The maximum Gasteiger partial charge on any atom is 0.203 e. The van der Waals surface area contributed by atoms with Crippen LogP contribution in [-0.2, 0) is 0 Å². The SMILES string of the molecule is COc1ccc(C2=NNC(c3cc(OC)c(OC)c(OC)c3)C2Br)cc1OC. The molecule has 7 nitrogen and oxygen atoms in total. The van der Waals surface area contributed by atoms with Crippen molar-refractivity contribution in [3.05, 3.63) is 41.5 Å². The van der Waals surface area contributed by atoms with Crippen molar-refractivity contribution < 1.29 is 23.7 Å². The number of alkyl halides is 1. The van der Waals surface area contributed by atoms with E-state index in [-0.39, 0.29) is 10.9 Å². The summed E-state index contributed by atoms with van der Waals surface area (Å²) < 4.78 is 27.1. The van der Waals surface area contributed by atoms with Crippen LogP contribution in [0.3, 0.4) is 0 Å². The number of hydrogen-bond acceptors (Lipinski definition) is 7. The molecule has 0 amide bonds. The predicted molar refractivity (Wildman–Crippen MR) is 111 cm³/mol. The maximum atomic E-state index is 5.47. The second kappa shape index (κ2) is 8.60. The van der Waals surface area contributed by atoms with Crippen molar-refractivity contribution in [1.82, 2.24) is 5.43 Å². The normalized spacial score (nSPS) is 18.1. The van der Waals surface area contributed by atoms with Gasteiger partial charge in [0.1, 0.15) is 0 Å². The van der Waals surface area contributed by atoms with Crippen LogP contribution in [0.1, 0.15) is 17.2 Å². The van der Waals surface area contributed by atoms with E-state index in [1.807, 2.05) is 30.3 Å². The minimum absolute atomic E-state index is 0.0755. The first-order valence-corrected chi connectivity index (χ1v) is 9.49. The van der Waals surface area contributed by atoms with Gasteiger partial charge < -0.3 is 29.1 Å². The fraction of sp³-hybridized carbons (Fsp3) is 0.350. The van der Waals surface area contributed by atoms with Crippen LogP contribution in [0.5, 0.6) is 28.7 Å². The molecule has 150 valence electrons. The lowest BCUT2D eigenvalue weighted by molar-refractivity contribution is 0.323. The van der Waals surface area contributed by atoms with Gasteiger partial charge in [-0.15, -0.1) is 0 Å². The summed E-state index contributed by atoms with van der Waals surface area (Å²) >= 11 is 3.78. The molecule has 3 rings (SSSR count). The number of nitrogens with zero attached hydrogens (tertiary/aromatic N) is 1. The summed E-state index contributed by atoms with van der Waals surface area (Å²) in [5.41, 5.74) is 5.94. The zero-order valence-electron chi connectivity index (χ0n) is 16.4. The average molecular weight is 451 g/mol. The molecule has 0 spiro atoms. The largest absolute Gasteiger partial charge is 0.493 e. The highest BCUT2D eigenvalue weighted by Crippen LogP contribution is 2.42. The molecule has 1 heterocycles. The topological polar surface area (TPSA) is 70.5 Å². The molecule has 2 aromatic carbocycles. The number of nitrogens with one attached hydrogen (secondary N) is 1. The summed E-state index contributed by atoms with van der Waals surface area (Å²) in [5, 5.41) is 4.54. The Morgan fingerprint density at radius 2 is 1.39 bits per heavy atom. The highest BCUT2D eigenvalue weighted by molar-refractivity contribution is 9.10. The fourth-order valence-electron chi connectivity index (χ4n) is 3.17. The van der Waals surface area contributed by atoms with Gasteiger partial charge in [-0.25, -0.2) is 0 Å². The number of benzene rings is 2. The Balaban J connectivity index is 1.93. The van der Waals surface area contributed by atoms with Crippen molar-refractivity contribution in [2.24, 2.45) is 5.10 Å². The maximum absolute atomic E-state index is 5.47. The summed E-state index contributed by atoms with van der Waals surface area (Å²) in [5.74, 6) is 3.07. The van der Waals surface area contributed by atoms with Crippen molar-refractivity contribution >= 4 is 21.6 Å². The third-order valence-electron chi connectivity index (χ3n) is 4.60. The second-order valence-electron chi connectivity index (χ2n) is 6.03. The zero-order chi connectivity index (χ0) is 20.3. The summed E-state index contributed by atoms with van der Waals surface area (Å²) in [6.07, 6.45) is 0. The van der Waals surface area contributed by atoms with Gasteiger partial charge in [0, 0.05) is 5.56 Å². The molecule has 0 radical (unpaired) electrons. The number of methoxy groups -OCH3 is 5. The Kier molecular flexibility index (Phi) is 6.18. The van der Waals surface area contributed by atoms with Crippen LogP contribution in [0, 0.1) is 0 Å². The Labute approximate surface area is 172 Å². The first-order valence-electron chi connectivity index (χ1n) is 8.57. The lowest BCUT2D eigenvalue weighted by Gasteiger charge is -2.20. The average Bonchev–Trinajstić information content (AvgIpc) is 3.13. The van der Waals surface area contributed by atoms with Gasteiger partial charge in [0.05, 0.1) is 52.1 Å². The number of rotatable bonds is 7. The van der Waals surface area contributed by atoms with Crippen LogP contribution in [0.4, 0.5) is 0 Å². The molecule has 0 saturated carbocycles. The molecule has 0 fully saturated rings. The molecule has 1 N–H and O–H groups in total. The van der Waals surface area contributed by atoms with Crippen molar-refractivity contribution in [3.63, 3.8) is 0 Å². The molecule has 0 aliphatic carbocycles. The fourth-order valence-corrected chi connectivity index (χ4v) is 3.96. The van der Waals surface area contributed by atoms with E-state index in [0.29, 0.717) is 28.7 Å². The summed E-state index contributed by atoms with van der Waals surface area (Å²) in [7, 11) is 8.00. The van der Waals surface area contributed by atoms with Crippen LogP contribution in [0.25, 0.3) is 0 Å². The standard InChI is InChI=1S/C20H23BrN2O5/c1-24-13-7-6-11(8-14(13)25-2)18-17(21)19(23-22-18)12-9-15(26-3)20(28-5)16(10-12)27-4/h6-10,17,19,23H,1-5H3. The van der Waals surface area contributed by atoms with Crippen LogP contribution in [0.2, 0.25) is 0 Å². The van der Waals surface area contributed by atoms with Crippen molar-refractivity contribution in [2.45, 2.75) is 10.9 Å². The molecule has 0 bridgehead atoms. The molecule has 0 aromatic heterocycles. The van der Waals surface area contributed by atoms with Gasteiger partial charge in [-0.2, -0.15) is 5.10 Å². The lowest BCUT2D eigenvalue weighted by atomic mass is 9.98. The number of hydrazone groups is 1. The molecule has 8 heteroatoms. The van der Waals surface area contributed by atoms with Crippen LogP contribution < -0.4 is 29.1 Å². The van der Waals surface area contributed by atoms with E-state index < -0.39 is 0 Å². The molecule has 0 saturated heterocycles. The highest BCUT2D eigenvalue weighted by Gasteiger charge is 2.33. The van der Waals surface area contributed by atoms with Crippen LogP contribution in [0.15, 0.2) is 35.4 Å². The number of ether oxygens (including phenoxy) is 5. The molecule has 2 aromatic rings. The van der Waals surface area contributed by atoms with Gasteiger partial charge >= 0.3 is 0 Å². The van der Waals surface area contributed by atoms with E-state index in [9.17, 15) is 0 Å². The van der Waals surface area contributed by atoms with Gasteiger partial charge in [-0.05, 0) is 35.9 Å². The second-order valence-corrected chi connectivity index (χ2v) is 7.02. The predicted octanol–water partition coefficient (Wildman–Crippen LogP) is 3.54.